The third-order valence-corrected chi connectivity index (χ3v) is 5.39. The molecule has 2 aliphatic rings. The molecule has 7 heteroatoms. The topological polar surface area (TPSA) is 70.7 Å². The molecule has 0 aromatic heterocycles. The second-order valence-corrected chi connectivity index (χ2v) is 7.30. The van der Waals surface area contributed by atoms with Gasteiger partial charge in [-0.25, -0.2) is 0 Å². The molecule has 3 rings (SSSR count). The van der Waals surface area contributed by atoms with E-state index in [1.807, 2.05) is 12.1 Å². The van der Waals surface area contributed by atoms with E-state index in [0.717, 1.165) is 25.9 Å². The standard InChI is InChI=1S/C20H29N3O3.ClH/c1-15(16-5-7-21-8-6-16)13-19(24)22-18-4-2-3-17(14-18)20(25)23-9-11-26-12-10-23;/h2-4,14-16,21H,5-13H2,1H3,(H,22,24);1H. The number of amides is 2. The number of hydrogen-bond donors (Lipinski definition) is 2. The summed E-state index contributed by atoms with van der Waals surface area (Å²) in [4.78, 5) is 26.8. The van der Waals surface area contributed by atoms with Crippen LogP contribution in [0.2, 0.25) is 0 Å². The molecule has 1 atom stereocenters. The number of nitrogens with zero attached hydrogens (tertiary/aromatic N) is 1. The molecular weight excluding hydrogens is 366 g/mol. The first-order chi connectivity index (χ1) is 12.6. The van der Waals surface area contributed by atoms with Gasteiger partial charge in [-0.05, 0) is 56.0 Å². The highest BCUT2D eigenvalue weighted by atomic mass is 35.5. The van der Waals surface area contributed by atoms with E-state index in [4.69, 9.17) is 4.74 Å². The number of halogens is 1. The molecule has 0 radical (unpaired) electrons. The minimum absolute atomic E-state index is 0. The summed E-state index contributed by atoms with van der Waals surface area (Å²) in [5.74, 6) is 0.992. The molecule has 6 nitrogen and oxygen atoms in total. The van der Waals surface area contributed by atoms with Crippen LogP contribution in [0.25, 0.3) is 0 Å². The smallest absolute Gasteiger partial charge is 0.254 e. The molecule has 1 unspecified atom stereocenters. The normalized spacial score (nSPS) is 19.1. The minimum atomic E-state index is -0.00697. The predicted octanol–water partition coefficient (Wildman–Crippen LogP) is 2.55. The van der Waals surface area contributed by atoms with E-state index in [1.165, 1.54) is 0 Å². The van der Waals surface area contributed by atoms with Gasteiger partial charge in [0, 0.05) is 30.8 Å². The van der Waals surface area contributed by atoms with Crippen LogP contribution in [0, 0.1) is 11.8 Å². The summed E-state index contributed by atoms with van der Waals surface area (Å²) in [6, 6.07) is 7.22. The maximum Gasteiger partial charge on any atom is 0.254 e. The summed E-state index contributed by atoms with van der Waals surface area (Å²) >= 11 is 0. The Kier molecular flexibility index (Phi) is 8.54. The number of carbonyl (C=O) groups is 2. The number of carbonyl (C=O) groups excluding carboxylic acids is 2. The van der Waals surface area contributed by atoms with Crippen molar-refractivity contribution < 1.29 is 14.3 Å². The monoisotopic (exact) mass is 395 g/mol. The molecule has 1 aromatic carbocycles. The average molecular weight is 396 g/mol. The number of rotatable bonds is 5. The Hall–Kier alpha value is -1.63. The second kappa shape index (κ2) is 10.6. The van der Waals surface area contributed by atoms with Gasteiger partial charge in [-0.15, -0.1) is 12.4 Å². The largest absolute Gasteiger partial charge is 0.378 e. The Bertz CT molecular complexity index is 629. The van der Waals surface area contributed by atoms with Crippen molar-refractivity contribution in [2.75, 3.05) is 44.7 Å². The lowest BCUT2D eigenvalue weighted by Crippen LogP contribution is -2.40. The van der Waals surface area contributed by atoms with Crippen molar-refractivity contribution in [3.63, 3.8) is 0 Å². The van der Waals surface area contributed by atoms with Gasteiger partial charge in [-0.2, -0.15) is 0 Å². The molecule has 27 heavy (non-hydrogen) atoms. The number of anilines is 1. The first-order valence-electron chi connectivity index (χ1n) is 9.61. The molecule has 2 amide bonds. The minimum Gasteiger partial charge on any atom is -0.378 e. The first kappa shape index (κ1) is 21.7. The van der Waals surface area contributed by atoms with Crippen LogP contribution in [0.1, 0.15) is 36.5 Å². The maximum atomic E-state index is 12.6. The fourth-order valence-electron chi connectivity index (χ4n) is 3.76. The number of piperidine rings is 1. The molecule has 150 valence electrons. The average Bonchev–Trinajstić information content (AvgIpc) is 2.69. The summed E-state index contributed by atoms with van der Waals surface area (Å²) in [5.41, 5.74) is 1.29. The van der Waals surface area contributed by atoms with Gasteiger partial charge in [-0.3, -0.25) is 9.59 Å². The van der Waals surface area contributed by atoms with Gasteiger partial charge in [0.05, 0.1) is 13.2 Å². The van der Waals surface area contributed by atoms with E-state index in [9.17, 15) is 9.59 Å². The second-order valence-electron chi connectivity index (χ2n) is 7.30. The lowest BCUT2D eigenvalue weighted by Gasteiger charge is -2.28. The van der Waals surface area contributed by atoms with Crippen molar-refractivity contribution in [3.05, 3.63) is 29.8 Å². The van der Waals surface area contributed by atoms with Crippen molar-refractivity contribution in [2.24, 2.45) is 11.8 Å². The third-order valence-electron chi connectivity index (χ3n) is 5.39. The Labute approximate surface area is 167 Å². The summed E-state index contributed by atoms with van der Waals surface area (Å²) in [7, 11) is 0. The van der Waals surface area contributed by atoms with E-state index in [-0.39, 0.29) is 24.2 Å². The van der Waals surface area contributed by atoms with Gasteiger partial charge >= 0.3 is 0 Å². The van der Waals surface area contributed by atoms with Crippen LogP contribution < -0.4 is 10.6 Å². The number of ether oxygens (including phenoxy) is 1. The molecule has 0 aliphatic carbocycles. The molecular formula is C20H30ClN3O3. The van der Waals surface area contributed by atoms with Crippen molar-refractivity contribution in [3.8, 4) is 0 Å². The Morgan fingerprint density at radius 2 is 1.96 bits per heavy atom. The molecule has 2 saturated heterocycles. The predicted molar refractivity (Wildman–Crippen MR) is 108 cm³/mol. The van der Waals surface area contributed by atoms with Gasteiger partial charge in [0.15, 0.2) is 0 Å². The lowest BCUT2D eigenvalue weighted by molar-refractivity contribution is -0.117. The van der Waals surface area contributed by atoms with Gasteiger partial charge in [0.1, 0.15) is 0 Å². The molecule has 2 heterocycles. The Balaban J connectivity index is 0.00000261. The number of morpholine rings is 1. The number of hydrogen-bond acceptors (Lipinski definition) is 4. The van der Waals surface area contributed by atoms with Crippen molar-refractivity contribution in [1.82, 2.24) is 10.2 Å². The van der Waals surface area contributed by atoms with Crippen LogP contribution in [-0.2, 0) is 9.53 Å². The Morgan fingerprint density at radius 3 is 2.67 bits per heavy atom. The number of benzene rings is 1. The van der Waals surface area contributed by atoms with E-state index in [0.29, 0.717) is 55.8 Å². The van der Waals surface area contributed by atoms with E-state index in [2.05, 4.69) is 17.6 Å². The fraction of sp³-hybridized carbons (Fsp3) is 0.600. The quantitative estimate of drug-likeness (QED) is 0.803. The van der Waals surface area contributed by atoms with Crippen LogP contribution in [0.3, 0.4) is 0 Å². The molecule has 1 aromatic rings. The maximum absolute atomic E-state index is 12.6. The highest BCUT2D eigenvalue weighted by Gasteiger charge is 2.22. The molecule has 0 saturated carbocycles. The zero-order valence-corrected chi connectivity index (χ0v) is 16.7. The zero-order chi connectivity index (χ0) is 18.4. The molecule has 2 fully saturated rings. The molecule has 0 spiro atoms. The zero-order valence-electron chi connectivity index (χ0n) is 15.9. The SMILES string of the molecule is CC(CC(=O)Nc1cccc(C(=O)N2CCOCC2)c1)C1CCNCC1.Cl. The van der Waals surface area contributed by atoms with Crippen molar-refractivity contribution in [1.29, 1.82) is 0 Å². The highest BCUT2D eigenvalue weighted by Crippen LogP contribution is 2.25. The summed E-state index contributed by atoms with van der Waals surface area (Å²) in [6.07, 6.45) is 2.79. The third kappa shape index (κ3) is 6.19. The van der Waals surface area contributed by atoms with Gasteiger partial charge in [0.2, 0.25) is 5.91 Å². The van der Waals surface area contributed by atoms with E-state index >= 15 is 0 Å². The summed E-state index contributed by atoms with van der Waals surface area (Å²) in [6.45, 7) is 6.64. The molecule has 2 aliphatic heterocycles. The van der Waals surface area contributed by atoms with Crippen LogP contribution in [0.5, 0.6) is 0 Å². The van der Waals surface area contributed by atoms with Crippen molar-refractivity contribution in [2.45, 2.75) is 26.2 Å². The van der Waals surface area contributed by atoms with E-state index in [1.54, 1.807) is 17.0 Å². The molecule has 0 bridgehead atoms. The van der Waals surface area contributed by atoms with Crippen molar-refractivity contribution >= 4 is 29.9 Å². The Morgan fingerprint density at radius 1 is 1.26 bits per heavy atom. The van der Waals surface area contributed by atoms with Crippen LogP contribution in [0.15, 0.2) is 24.3 Å². The van der Waals surface area contributed by atoms with E-state index < -0.39 is 0 Å². The molecule has 2 N–H and O–H groups in total. The van der Waals surface area contributed by atoms with Crippen LogP contribution >= 0.6 is 12.4 Å². The van der Waals surface area contributed by atoms with Gasteiger partial charge < -0.3 is 20.3 Å². The number of nitrogens with one attached hydrogen (secondary N) is 2. The van der Waals surface area contributed by atoms with Crippen LogP contribution in [-0.4, -0.2) is 56.1 Å². The van der Waals surface area contributed by atoms with Crippen LogP contribution in [0.4, 0.5) is 5.69 Å². The van der Waals surface area contributed by atoms with Gasteiger partial charge in [0.25, 0.3) is 5.91 Å². The first-order valence-corrected chi connectivity index (χ1v) is 9.61. The summed E-state index contributed by atoms with van der Waals surface area (Å²) < 4.78 is 5.29. The summed E-state index contributed by atoms with van der Waals surface area (Å²) in [5, 5.41) is 6.32. The highest BCUT2D eigenvalue weighted by molar-refractivity contribution is 5.97. The van der Waals surface area contributed by atoms with Gasteiger partial charge in [-0.1, -0.05) is 13.0 Å². The fourth-order valence-corrected chi connectivity index (χ4v) is 3.76. The lowest BCUT2D eigenvalue weighted by atomic mass is 9.84.